The molecule has 1 heterocycles. The van der Waals surface area contributed by atoms with Crippen molar-refractivity contribution in [2.75, 3.05) is 0 Å². The molecule has 2 rings (SSSR count). The molecule has 0 spiro atoms. The summed E-state index contributed by atoms with van der Waals surface area (Å²) >= 11 is 5.92. The molecule has 2 aromatic rings. The van der Waals surface area contributed by atoms with Crippen molar-refractivity contribution in [3.8, 4) is 0 Å². The summed E-state index contributed by atoms with van der Waals surface area (Å²) in [6.07, 6.45) is 1.93. The highest BCUT2D eigenvalue weighted by Gasteiger charge is 2.05. The summed E-state index contributed by atoms with van der Waals surface area (Å²) < 4.78 is 1.76. The van der Waals surface area contributed by atoms with Crippen LogP contribution in [0.2, 0.25) is 5.02 Å². The standard InChI is InChI=1S/C9H10ClN3/c1-13-5-7-3-8(10)2-6(4-11)9(7)12-13/h2-3,5H,4,11H2,1H3. The number of hydrogen-bond acceptors (Lipinski definition) is 2. The molecule has 0 fully saturated rings. The normalized spacial score (nSPS) is 11.0. The summed E-state index contributed by atoms with van der Waals surface area (Å²) in [5.74, 6) is 0. The molecule has 0 radical (unpaired) electrons. The van der Waals surface area contributed by atoms with Gasteiger partial charge in [0.05, 0.1) is 5.52 Å². The molecule has 1 aromatic heterocycles. The fraction of sp³-hybridized carbons (Fsp3) is 0.222. The molecule has 0 saturated carbocycles. The third kappa shape index (κ3) is 1.41. The Kier molecular flexibility index (Phi) is 1.98. The van der Waals surface area contributed by atoms with Crippen LogP contribution in [0.25, 0.3) is 10.9 Å². The van der Waals surface area contributed by atoms with Crippen LogP contribution >= 0.6 is 11.6 Å². The van der Waals surface area contributed by atoms with E-state index in [1.54, 1.807) is 4.68 Å². The monoisotopic (exact) mass is 195 g/mol. The smallest absolute Gasteiger partial charge is 0.0969 e. The van der Waals surface area contributed by atoms with Crippen molar-refractivity contribution in [2.24, 2.45) is 12.8 Å². The first-order valence-corrected chi connectivity index (χ1v) is 4.40. The van der Waals surface area contributed by atoms with Gasteiger partial charge in [-0.1, -0.05) is 11.6 Å². The maximum Gasteiger partial charge on any atom is 0.0969 e. The first-order chi connectivity index (χ1) is 6.20. The number of rotatable bonds is 1. The summed E-state index contributed by atoms with van der Waals surface area (Å²) in [7, 11) is 1.88. The Morgan fingerprint density at radius 1 is 1.54 bits per heavy atom. The van der Waals surface area contributed by atoms with Gasteiger partial charge in [-0.25, -0.2) is 0 Å². The zero-order valence-electron chi connectivity index (χ0n) is 7.29. The van der Waals surface area contributed by atoms with Crippen LogP contribution in [-0.4, -0.2) is 9.78 Å². The van der Waals surface area contributed by atoms with Gasteiger partial charge in [-0.05, 0) is 17.7 Å². The van der Waals surface area contributed by atoms with E-state index < -0.39 is 0 Å². The van der Waals surface area contributed by atoms with Crippen LogP contribution in [0.4, 0.5) is 0 Å². The minimum atomic E-state index is 0.466. The summed E-state index contributed by atoms with van der Waals surface area (Å²) in [6, 6.07) is 3.75. The number of benzene rings is 1. The number of nitrogens with two attached hydrogens (primary N) is 1. The first kappa shape index (κ1) is 8.53. The minimum absolute atomic E-state index is 0.466. The number of nitrogens with zero attached hydrogens (tertiary/aromatic N) is 2. The van der Waals surface area contributed by atoms with Crippen LogP contribution < -0.4 is 5.73 Å². The zero-order chi connectivity index (χ0) is 9.42. The Labute approximate surface area is 81.1 Å². The van der Waals surface area contributed by atoms with Crippen LogP contribution in [0, 0.1) is 0 Å². The van der Waals surface area contributed by atoms with E-state index in [1.807, 2.05) is 25.4 Å². The van der Waals surface area contributed by atoms with Gasteiger partial charge in [-0.15, -0.1) is 0 Å². The lowest BCUT2D eigenvalue weighted by Gasteiger charge is -1.98. The van der Waals surface area contributed by atoms with E-state index in [1.165, 1.54) is 0 Å². The van der Waals surface area contributed by atoms with Gasteiger partial charge in [0.2, 0.25) is 0 Å². The number of halogens is 1. The molecule has 68 valence electrons. The largest absolute Gasteiger partial charge is 0.326 e. The van der Waals surface area contributed by atoms with E-state index in [0.29, 0.717) is 11.6 Å². The predicted octanol–water partition coefficient (Wildman–Crippen LogP) is 1.69. The number of aryl methyl sites for hydroxylation is 1. The van der Waals surface area contributed by atoms with Crippen LogP contribution in [-0.2, 0) is 13.6 Å². The van der Waals surface area contributed by atoms with Gasteiger partial charge < -0.3 is 5.73 Å². The van der Waals surface area contributed by atoms with E-state index in [9.17, 15) is 0 Å². The van der Waals surface area contributed by atoms with E-state index >= 15 is 0 Å². The summed E-state index contributed by atoms with van der Waals surface area (Å²) in [4.78, 5) is 0. The predicted molar refractivity (Wildman–Crippen MR) is 53.6 cm³/mol. The first-order valence-electron chi connectivity index (χ1n) is 4.02. The molecule has 0 atom stereocenters. The lowest BCUT2D eigenvalue weighted by Crippen LogP contribution is -1.97. The maximum atomic E-state index is 5.92. The highest BCUT2D eigenvalue weighted by Crippen LogP contribution is 2.22. The Bertz CT molecular complexity index is 447. The molecule has 0 bridgehead atoms. The highest BCUT2D eigenvalue weighted by molar-refractivity contribution is 6.31. The average molecular weight is 196 g/mol. The molecule has 3 nitrogen and oxygen atoms in total. The Morgan fingerprint density at radius 2 is 2.31 bits per heavy atom. The second-order valence-corrected chi connectivity index (χ2v) is 3.45. The third-order valence-electron chi connectivity index (χ3n) is 1.99. The van der Waals surface area contributed by atoms with Crippen LogP contribution in [0.1, 0.15) is 5.56 Å². The molecule has 13 heavy (non-hydrogen) atoms. The quantitative estimate of drug-likeness (QED) is 0.753. The van der Waals surface area contributed by atoms with Gasteiger partial charge in [0.25, 0.3) is 0 Å². The topological polar surface area (TPSA) is 43.8 Å². The Hall–Kier alpha value is -1.06. The van der Waals surface area contributed by atoms with Crippen molar-refractivity contribution in [3.05, 3.63) is 28.9 Å². The Balaban J connectivity index is 2.80. The lowest BCUT2D eigenvalue weighted by molar-refractivity contribution is 0.778. The van der Waals surface area contributed by atoms with Crippen LogP contribution in [0.15, 0.2) is 18.3 Å². The zero-order valence-corrected chi connectivity index (χ0v) is 8.04. The van der Waals surface area contributed by atoms with Gasteiger partial charge in [-0.3, -0.25) is 4.68 Å². The molecule has 0 saturated heterocycles. The van der Waals surface area contributed by atoms with E-state index in [0.717, 1.165) is 16.5 Å². The van der Waals surface area contributed by atoms with Crippen LogP contribution in [0.5, 0.6) is 0 Å². The summed E-state index contributed by atoms with van der Waals surface area (Å²) in [5.41, 5.74) is 7.51. The van der Waals surface area contributed by atoms with E-state index in [2.05, 4.69) is 5.10 Å². The third-order valence-corrected chi connectivity index (χ3v) is 2.20. The molecule has 0 aliphatic carbocycles. The molecule has 0 aliphatic rings. The number of hydrogen-bond donors (Lipinski definition) is 1. The molecule has 0 unspecified atom stereocenters. The van der Waals surface area contributed by atoms with Gasteiger partial charge in [0.15, 0.2) is 0 Å². The van der Waals surface area contributed by atoms with Crippen molar-refractivity contribution in [3.63, 3.8) is 0 Å². The number of aromatic nitrogens is 2. The molecule has 0 aliphatic heterocycles. The maximum absolute atomic E-state index is 5.92. The molecule has 0 amide bonds. The Morgan fingerprint density at radius 3 is 3.00 bits per heavy atom. The molecular formula is C9H10ClN3. The SMILES string of the molecule is Cn1cc2cc(Cl)cc(CN)c2n1. The van der Waals surface area contributed by atoms with Gasteiger partial charge >= 0.3 is 0 Å². The fourth-order valence-electron chi connectivity index (χ4n) is 1.44. The van der Waals surface area contributed by atoms with Gasteiger partial charge in [0, 0.05) is 30.2 Å². The molecule has 1 aromatic carbocycles. The fourth-order valence-corrected chi connectivity index (χ4v) is 1.69. The summed E-state index contributed by atoms with van der Waals surface area (Å²) in [5, 5.41) is 6.05. The minimum Gasteiger partial charge on any atom is -0.326 e. The van der Waals surface area contributed by atoms with Gasteiger partial charge in [-0.2, -0.15) is 5.10 Å². The lowest BCUT2D eigenvalue weighted by atomic mass is 10.1. The number of fused-ring (bicyclic) bond motifs is 1. The summed E-state index contributed by atoms with van der Waals surface area (Å²) in [6.45, 7) is 0.466. The van der Waals surface area contributed by atoms with Crippen molar-refractivity contribution < 1.29 is 0 Å². The average Bonchev–Trinajstić information content (AvgIpc) is 2.43. The molecule has 2 N–H and O–H groups in total. The second-order valence-electron chi connectivity index (χ2n) is 3.01. The van der Waals surface area contributed by atoms with E-state index in [-0.39, 0.29) is 0 Å². The van der Waals surface area contributed by atoms with Crippen LogP contribution in [0.3, 0.4) is 0 Å². The van der Waals surface area contributed by atoms with E-state index in [4.69, 9.17) is 17.3 Å². The van der Waals surface area contributed by atoms with Crippen molar-refractivity contribution in [2.45, 2.75) is 6.54 Å². The van der Waals surface area contributed by atoms with Crippen molar-refractivity contribution in [1.82, 2.24) is 9.78 Å². The second kappa shape index (κ2) is 3.01. The highest BCUT2D eigenvalue weighted by atomic mass is 35.5. The van der Waals surface area contributed by atoms with Crippen molar-refractivity contribution in [1.29, 1.82) is 0 Å². The molecule has 4 heteroatoms. The van der Waals surface area contributed by atoms with Gasteiger partial charge in [0.1, 0.15) is 0 Å². The van der Waals surface area contributed by atoms with Crippen molar-refractivity contribution >= 4 is 22.5 Å². The molecular weight excluding hydrogens is 186 g/mol.